The number of ether oxygens (including phenoxy) is 2. The maximum absolute atomic E-state index is 9.34. The number of aliphatic hydroxyl groups excluding tert-OH is 2. The van der Waals surface area contributed by atoms with Crippen molar-refractivity contribution < 1.29 is 19.7 Å². The summed E-state index contributed by atoms with van der Waals surface area (Å²) in [5, 5.41) is 18.6. The average Bonchev–Trinajstić information content (AvgIpc) is 2.44. The van der Waals surface area contributed by atoms with Crippen molar-refractivity contribution in [1.82, 2.24) is 0 Å². The zero-order valence-corrected chi connectivity index (χ0v) is 5.88. The summed E-state index contributed by atoms with van der Waals surface area (Å²) in [5.74, 6) is 0. The predicted octanol–water partition coefficient (Wildman–Crippen LogP) is -2.21. The van der Waals surface area contributed by atoms with Crippen molar-refractivity contribution in [3.63, 3.8) is 0 Å². The normalized spacial score (nSPS) is 56.5. The van der Waals surface area contributed by atoms with Gasteiger partial charge < -0.3 is 25.4 Å². The molecule has 5 heteroatoms. The van der Waals surface area contributed by atoms with Crippen LogP contribution in [0.15, 0.2) is 0 Å². The first-order chi connectivity index (χ1) is 5.20. The van der Waals surface area contributed by atoms with E-state index in [1.54, 1.807) is 0 Å². The van der Waals surface area contributed by atoms with Crippen molar-refractivity contribution in [3.05, 3.63) is 0 Å². The molecule has 0 radical (unpaired) electrons. The van der Waals surface area contributed by atoms with Crippen LogP contribution in [0.25, 0.3) is 0 Å². The minimum Gasteiger partial charge on any atom is -0.389 e. The van der Waals surface area contributed by atoms with E-state index in [-0.39, 0.29) is 6.10 Å². The van der Waals surface area contributed by atoms with Gasteiger partial charge in [0.15, 0.2) is 6.29 Å². The van der Waals surface area contributed by atoms with Gasteiger partial charge in [-0.15, -0.1) is 0 Å². The van der Waals surface area contributed by atoms with E-state index in [4.69, 9.17) is 15.2 Å². The number of hydrogen-bond acceptors (Lipinski definition) is 5. The van der Waals surface area contributed by atoms with Crippen molar-refractivity contribution in [2.45, 2.75) is 30.6 Å². The molecule has 2 aliphatic heterocycles. The summed E-state index contributed by atoms with van der Waals surface area (Å²) in [5.41, 5.74) is 5.48. The van der Waals surface area contributed by atoms with Crippen LogP contribution in [0.2, 0.25) is 0 Å². The topological polar surface area (TPSA) is 84.9 Å². The standard InChI is InChI=1S/C6H11NO4/c7-3-4(8)2-1-10-6(11-2)5(3)9/h2-6,8-9H,1,7H2/t2-,3+,4+,5-,6-/m1/s1. The SMILES string of the molecule is N[C@H]1[C@@H](O)[C@H]2CO[C@H](O2)[C@@H]1O. The second-order valence-electron chi connectivity index (χ2n) is 2.93. The van der Waals surface area contributed by atoms with E-state index in [0.717, 1.165) is 0 Å². The van der Waals surface area contributed by atoms with E-state index >= 15 is 0 Å². The third-order valence-corrected chi connectivity index (χ3v) is 2.18. The minimum atomic E-state index is -0.913. The van der Waals surface area contributed by atoms with Crippen LogP contribution in [-0.4, -0.2) is 47.5 Å². The predicted molar refractivity (Wildman–Crippen MR) is 34.6 cm³/mol. The van der Waals surface area contributed by atoms with Gasteiger partial charge in [-0.1, -0.05) is 0 Å². The Morgan fingerprint density at radius 2 is 2.00 bits per heavy atom. The van der Waals surface area contributed by atoms with Gasteiger partial charge in [-0.2, -0.15) is 0 Å². The van der Waals surface area contributed by atoms with Crippen molar-refractivity contribution in [1.29, 1.82) is 0 Å². The lowest BCUT2D eigenvalue weighted by Gasteiger charge is -2.33. The van der Waals surface area contributed by atoms with Crippen LogP contribution < -0.4 is 5.73 Å². The lowest BCUT2D eigenvalue weighted by molar-refractivity contribution is -0.189. The lowest BCUT2D eigenvalue weighted by atomic mass is 9.99. The molecule has 64 valence electrons. The van der Waals surface area contributed by atoms with Gasteiger partial charge in [-0.25, -0.2) is 0 Å². The van der Waals surface area contributed by atoms with Gasteiger partial charge in [0.25, 0.3) is 0 Å². The molecule has 11 heavy (non-hydrogen) atoms. The second kappa shape index (κ2) is 2.40. The molecule has 2 fully saturated rings. The summed E-state index contributed by atoms with van der Waals surface area (Å²) in [6.07, 6.45) is -2.73. The molecule has 0 aromatic rings. The summed E-state index contributed by atoms with van der Waals surface area (Å²) in [7, 11) is 0. The molecular formula is C6H11NO4. The number of rotatable bonds is 0. The van der Waals surface area contributed by atoms with Gasteiger partial charge in [0.05, 0.1) is 12.6 Å². The van der Waals surface area contributed by atoms with E-state index < -0.39 is 24.5 Å². The first kappa shape index (κ1) is 7.45. The Bertz CT molecular complexity index is 145. The Kier molecular flexibility index (Phi) is 1.62. The molecule has 0 saturated carbocycles. The highest BCUT2D eigenvalue weighted by molar-refractivity contribution is 4.95. The number of aliphatic hydroxyl groups is 2. The molecule has 2 rings (SSSR count). The Hall–Kier alpha value is -0.200. The summed E-state index contributed by atoms with van der Waals surface area (Å²) < 4.78 is 10.1. The fraction of sp³-hybridized carbons (Fsp3) is 1.00. The second-order valence-corrected chi connectivity index (χ2v) is 2.93. The van der Waals surface area contributed by atoms with Crippen molar-refractivity contribution in [3.8, 4) is 0 Å². The molecule has 2 heterocycles. The fourth-order valence-corrected chi connectivity index (χ4v) is 1.43. The smallest absolute Gasteiger partial charge is 0.185 e. The molecule has 5 nitrogen and oxygen atoms in total. The molecule has 0 aromatic heterocycles. The third kappa shape index (κ3) is 0.969. The van der Waals surface area contributed by atoms with E-state index in [2.05, 4.69) is 0 Å². The molecule has 4 N–H and O–H groups in total. The highest BCUT2D eigenvalue weighted by Gasteiger charge is 2.47. The Labute approximate surface area is 63.7 Å². The zero-order chi connectivity index (χ0) is 8.01. The van der Waals surface area contributed by atoms with Crippen LogP contribution in [-0.2, 0) is 9.47 Å². The molecule has 0 aliphatic carbocycles. The summed E-state index contributed by atoms with van der Waals surface area (Å²) in [4.78, 5) is 0. The molecule has 2 bridgehead atoms. The summed E-state index contributed by atoms with van der Waals surface area (Å²) in [6.45, 7) is 0.316. The maximum Gasteiger partial charge on any atom is 0.185 e. The number of nitrogens with two attached hydrogens (primary N) is 1. The fourth-order valence-electron chi connectivity index (χ4n) is 1.43. The Morgan fingerprint density at radius 3 is 2.73 bits per heavy atom. The molecule has 0 aromatic carbocycles. The van der Waals surface area contributed by atoms with Gasteiger partial charge in [0.2, 0.25) is 0 Å². The first-order valence-corrected chi connectivity index (χ1v) is 3.59. The third-order valence-electron chi connectivity index (χ3n) is 2.18. The molecule has 2 aliphatic rings. The van der Waals surface area contributed by atoms with Crippen LogP contribution in [0.3, 0.4) is 0 Å². The van der Waals surface area contributed by atoms with Crippen molar-refractivity contribution in [2.75, 3.05) is 6.61 Å². The minimum absolute atomic E-state index is 0.316. The van der Waals surface area contributed by atoms with Crippen molar-refractivity contribution in [2.24, 2.45) is 5.73 Å². The summed E-state index contributed by atoms with van der Waals surface area (Å²) in [6, 6.07) is -0.652. The molecule has 2 saturated heterocycles. The molecule has 0 unspecified atom stereocenters. The van der Waals surface area contributed by atoms with Crippen LogP contribution in [0.4, 0.5) is 0 Å². The van der Waals surface area contributed by atoms with Gasteiger partial charge in [-0.05, 0) is 0 Å². The van der Waals surface area contributed by atoms with E-state index in [9.17, 15) is 10.2 Å². The van der Waals surface area contributed by atoms with E-state index in [0.29, 0.717) is 6.61 Å². The average molecular weight is 161 g/mol. The van der Waals surface area contributed by atoms with Gasteiger partial charge in [0, 0.05) is 0 Å². The summed E-state index contributed by atoms with van der Waals surface area (Å²) >= 11 is 0. The number of hydrogen-bond donors (Lipinski definition) is 3. The van der Waals surface area contributed by atoms with Crippen molar-refractivity contribution >= 4 is 0 Å². The number of fused-ring (bicyclic) bond motifs is 2. The molecular weight excluding hydrogens is 150 g/mol. The van der Waals surface area contributed by atoms with Gasteiger partial charge in [0.1, 0.15) is 18.3 Å². The van der Waals surface area contributed by atoms with Gasteiger partial charge in [-0.3, -0.25) is 0 Å². The van der Waals surface area contributed by atoms with Gasteiger partial charge >= 0.3 is 0 Å². The Balaban J connectivity index is 2.16. The molecule has 0 amide bonds. The monoisotopic (exact) mass is 161 g/mol. The van der Waals surface area contributed by atoms with E-state index in [1.807, 2.05) is 0 Å². The van der Waals surface area contributed by atoms with Crippen LogP contribution in [0.5, 0.6) is 0 Å². The highest BCUT2D eigenvalue weighted by atomic mass is 16.7. The Morgan fingerprint density at radius 1 is 1.27 bits per heavy atom. The quantitative estimate of drug-likeness (QED) is 0.375. The largest absolute Gasteiger partial charge is 0.389 e. The highest BCUT2D eigenvalue weighted by Crippen LogP contribution is 2.26. The molecule has 5 atom stereocenters. The van der Waals surface area contributed by atoms with Crippen LogP contribution >= 0.6 is 0 Å². The van der Waals surface area contributed by atoms with Crippen LogP contribution in [0.1, 0.15) is 0 Å². The lowest BCUT2D eigenvalue weighted by Crippen LogP contribution is -2.58. The zero-order valence-electron chi connectivity index (χ0n) is 5.88. The maximum atomic E-state index is 9.34. The van der Waals surface area contributed by atoms with E-state index in [1.165, 1.54) is 0 Å². The first-order valence-electron chi connectivity index (χ1n) is 3.59. The van der Waals surface area contributed by atoms with Crippen LogP contribution in [0, 0.1) is 0 Å². The molecule has 0 spiro atoms.